The fourth-order valence-corrected chi connectivity index (χ4v) is 3.28. The minimum absolute atomic E-state index is 0.0274. The molecule has 0 aliphatic carbocycles. The number of benzene rings is 2. The lowest BCUT2D eigenvalue weighted by Crippen LogP contribution is -2.15. The zero-order valence-electron chi connectivity index (χ0n) is 17.7. The smallest absolute Gasteiger partial charge is 0.335 e. The topological polar surface area (TPSA) is 121 Å². The highest BCUT2D eigenvalue weighted by Gasteiger charge is 2.25. The average molecular weight is 448 g/mol. The van der Waals surface area contributed by atoms with E-state index < -0.39 is 29.4 Å². The first kappa shape index (κ1) is 24.8. The first-order valence-corrected chi connectivity index (χ1v) is 9.74. The van der Waals surface area contributed by atoms with E-state index in [1.165, 1.54) is 36.4 Å². The summed E-state index contributed by atoms with van der Waals surface area (Å²) in [6, 6.07) is 8.36. The Labute approximate surface area is 189 Å². The monoisotopic (exact) mass is 448 g/mol. The highest BCUT2D eigenvalue weighted by molar-refractivity contribution is 6.34. The summed E-state index contributed by atoms with van der Waals surface area (Å²) < 4.78 is 10.1. The van der Waals surface area contributed by atoms with Gasteiger partial charge in [-0.25, -0.2) is 9.59 Å². The first-order valence-electron chi connectivity index (χ1n) is 9.74. The second-order valence-corrected chi connectivity index (χ2v) is 6.67. The van der Waals surface area contributed by atoms with Gasteiger partial charge in [-0.15, -0.1) is 0 Å². The second kappa shape index (κ2) is 11.2. The van der Waals surface area contributed by atoms with E-state index in [2.05, 4.69) is 13.2 Å². The maximum atomic E-state index is 12.4. The fourth-order valence-electron chi connectivity index (χ4n) is 3.28. The van der Waals surface area contributed by atoms with Gasteiger partial charge in [-0.05, 0) is 41.8 Å². The predicted octanol–water partition coefficient (Wildman–Crippen LogP) is 3.17. The second-order valence-electron chi connectivity index (χ2n) is 6.67. The van der Waals surface area contributed by atoms with E-state index in [4.69, 9.17) is 9.47 Å². The molecule has 0 saturated heterocycles. The number of aldehydes is 2. The minimum atomic E-state index is -0.861. The molecule has 8 heteroatoms. The van der Waals surface area contributed by atoms with Crippen LogP contribution in [0.25, 0.3) is 0 Å². The van der Waals surface area contributed by atoms with Crippen LogP contribution in [0.5, 0.6) is 11.5 Å². The molecular weight excluding hydrogens is 428 g/mol. The number of esters is 2. The molecule has 0 N–H and O–H groups in total. The summed E-state index contributed by atoms with van der Waals surface area (Å²) in [7, 11) is 0. The molecule has 2 aromatic rings. The van der Waals surface area contributed by atoms with E-state index in [-0.39, 0.29) is 35.2 Å². The summed E-state index contributed by atoms with van der Waals surface area (Å²) in [5, 5.41) is 0. The van der Waals surface area contributed by atoms with Gasteiger partial charge in [0, 0.05) is 29.2 Å². The van der Waals surface area contributed by atoms with Crippen LogP contribution in [-0.4, -0.2) is 36.1 Å². The lowest BCUT2D eigenvalue weighted by molar-refractivity contribution is -0.129. The third-order valence-corrected chi connectivity index (χ3v) is 4.72. The molecule has 8 nitrogen and oxygen atoms in total. The first-order chi connectivity index (χ1) is 15.8. The van der Waals surface area contributed by atoms with Crippen molar-refractivity contribution < 1.29 is 38.2 Å². The Morgan fingerprint density at radius 3 is 1.48 bits per heavy atom. The van der Waals surface area contributed by atoms with Gasteiger partial charge in [-0.3, -0.25) is 19.2 Å². The van der Waals surface area contributed by atoms with E-state index in [1.807, 2.05) is 0 Å². The van der Waals surface area contributed by atoms with Crippen molar-refractivity contribution in [1.82, 2.24) is 0 Å². The Hall–Kier alpha value is -4.46. The summed E-state index contributed by atoms with van der Waals surface area (Å²) in [5.41, 5.74) is 0.698. The molecule has 0 bridgehead atoms. The summed E-state index contributed by atoms with van der Waals surface area (Å²) in [5.74, 6) is -3.76. The van der Waals surface area contributed by atoms with Gasteiger partial charge < -0.3 is 9.47 Å². The van der Waals surface area contributed by atoms with E-state index in [1.54, 1.807) is 6.92 Å². The summed E-state index contributed by atoms with van der Waals surface area (Å²) in [6.07, 6.45) is 2.51. The maximum absolute atomic E-state index is 12.4. The van der Waals surface area contributed by atoms with Crippen LogP contribution in [0, 0.1) is 0 Å². The van der Waals surface area contributed by atoms with E-state index in [0.29, 0.717) is 17.5 Å². The van der Waals surface area contributed by atoms with Crippen LogP contribution < -0.4 is 9.47 Å². The third kappa shape index (κ3) is 5.82. The number of carbonyl (C=O) groups excluding carboxylic acids is 6. The quantitative estimate of drug-likeness (QED) is 0.128. The molecule has 0 aliphatic heterocycles. The lowest BCUT2D eigenvalue weighted by Gasteiger charge is -2.21. The van der Waals surface area contributed by atoms with Gasteiger partial charge in [0.25, 0.3) is 0 Å². The predicted molar refractivity (Wildman–Crippen MR) is 117 cm³/mol. The highest BCUT2D eigenvalue weighted by Crippen LogP contribution is 2.36. The molecule has 0 amide bonds. The summed E-state index contributed by atoms with van der Waals surface area (Å²) in [4.78, 5) is 70.2. The van der Waals surface area contributed by atoms with Crippen molar-refractivity contribution in [3.63, 3.8) is 0 Å². The Morgan fingerprint density at radius 1 is 0.788 bits per heavy atom. The maximum Gasteiger partial charge on any atom is 0.335 e. The van der Waals surface area contributed by atoms with Crippen LogP contribution in [0.4, 0.5) is 0 Å². The van der Waals surface area contributed by atoms with Crippen molar-refractivity contribution in [2.45, 2.75) is 19.3 Å². The molecule has 0 aromatic heterocycles. The molecule has 0 radical (unpaired) electrons. The van der Waals surface area contributed by atoms with Crippen LogP contribution in [0.2, 0.25) is 0 Å². The van der Waals surface area contributed by atoms with Gasteiger partial charge in [0.05, 0.1) is 0 Å². The van der Waals surface area contributed by atoms with Crippen LogP contribution in [0.1, 0.15) is 51.1 Å². The van der Waals surface area contributed by atoms with Gasteiger partial charge in [-0.1, -0.05) is 32.2 Å². The Morgan fingerprint density at radius 2 is 1.18 bits per heavy atom. The fraction of sp³-hybridized carbons (Fsp3) is 0.120. The lowest BCUT2D eigenvalue weighted by atomic mass is 9.82. The molecule has 0 spiro atoms. The van der Waals surface area contributed by atoms with Crippen molar-refractivity contribution in [1.29, 1.82) is 0 Å². The SMILES string of the molecule is C=CC(=O)Oc1ccc(C(CC)c2ccc(OC(=O)C=C)cc2C(=O)C=O)c(C(=O)C=O)c1. The average Bonchev–Trinajstić information content (AvgIpc) is 2.84. The standard InChI is InChI=1S/C25H20O8/c1-4-17(18-9-7-15(32-24(30)5-2)11-20(18)22(28)13-26)19-10-8-16(33-25(31)6-3)12-21(19)23(29)14-27/h5-14,17H,2-4H2,1H3. The molecule has 2 rings (SSSR count). The van der Waals surface area contributed by atoms with Gasteiger partial charge in [0.15, 0.2) is 12.6 Å². The molecule has 0 heterocycles. The van der Waals surface area contributed by atoms with Crippen LogP contribution in [0.3, 0.4) is 0 Å². The number of Topliss-reactive ketones (excluding diaryl/α,β-unsaturated/α-hetero) is 2. The zero-order chi connectivity index (χ0) is 24.5. The molecule has 0 saturated carbocycles. The molecule has 33 heavy (non-hydrogen) atoms. The molecule has 0 unspecified atom stereocenters. The van der Waals surface area contributed by atoms with Crippen molar-refractivity contribution >= 4 is 36.1 Å². The molecule has 168 valence electrons. The number of ketones is 2. The van der Waals surface area contributed by atoms with Gasteiger partial charge in [0.1, 0.15) is 11.5 Å². The minimum Gasteiger partial charge on any atom is -0.423 e. The normalized spacial score (nSPS) is 10.1. The molecule has 0 atom stereocenters. The van der Waals surface area contributed by atoms with Crippen LogP contribution in [0.15, 0.2) is 61.7 Å². The van der Waals surface area contributed by atoms with Crippen molar-refractivity contribution in [2.24, 2.45) is 0 Å². The number of carbonyl (C=O) groups is 6. The van der Waals surface area contributed by atoms with Gasteiger partial charge in [0.2, 0.25) is 11.6 Å². The van der Waals surface area contributed by atoms with Crippen LogP contribution in [-0.2, 0) is 19.2 Å². The van der Waals surface area contributed by atoms with Crippen LogP contribution >= 0.6 is 0 Å². The third-order valence-electron chi connectivity index (χ3n) is 4.72. The van der Waals surface area contributed by atoms with Gasteiger partial charge >= 0.3 is 11.9 Å². The van der Waals surface area contributed by atoms with E-state index >= 15 is 0 Å². The molecule has 0 fully saturated rings. The Kier molecular flexibility index (Phi) is 8.45. The number of rotatable bonds is 11. The molecule has 2 aromatic carbocycles. The molecular formula is C25H20O8. The number of hydrogen-bond acceptors (Lipinski definition) is 8. The zero-order valence-corrected chi connectivity index (χ0v) is 17.7. The van der Waals surface area contributed by atoms with Crippen molar-refractivity contribution in [3.05, 3.63) is 84.0 Å². The molecule has 0 aliphatic rings. The largest absolute Gasteiger partial charge is 0.423 e. The van der Waals surface area contributed by atoms with Gasteiger partial charge in [-0.2, -0.15) is 0 Å². The van der Waals surface area contributed by atoms with Crippen molar-refractivity contribution in [2.75, 3.05) is 0 Å². The van der Waals surface area contributed by atoms with Crippen molar-refractivity contribution in [3.8, 4) is 11.5 Å². The number of hydrogen-bond donors (Lipinski definition) is 0. The highest BCUT2D eigenvalue weighted by atomic mass is 16.5. The van der Waals surface area contributed by atoms with E-state index in [9.17, 15) is 28.8 Å². The Balaban J connectivity index is 2.67. The Bertz CT molecular complexity index is 1070. The summed E-state index contributed by atoms with van der Waals surface area (Å²) in [6.45, 7) is 8.38. The number of ether oxygens (including phenoxy) is 2. The van der Waals surface area contributed by atoms with E-state index in [0.717, 1.165) is 12.2 Å². The summed E-state index contributed by atoms with van der Waals surface area (Å²) >= 11 is 0.